The summed E-state index contributed by atoms with van der Waals surface area (Å²) in [6.45, 7) is 6.51. The standard InChI is InChI=1S/C14H22BrNO/c1-9-6-12(13(15)7-10(9)2)14(16(4)5)11(3)8-17/h6-7,11,14,17H,8H2,1-5H3. The number of halogens is 1. The first kappa shape index (κ1) is 14.7. The third-order valence-electron chi connectivity index (χ3n) is 3.31. The number of nitrogens with zero attached hydrogens (tertiary/aromatic N) is 1. The van der Waals surface area contributed by atoms with Crippen molar-refractivity contribution in [3.63, 3.8) is 0 Å². The second-order valence-corrected chi connectivity index (χ2v) is 5.88. The first-order valence-electron chi connectivity index (χ1n) is 5.92. The van der Waals surface area contributed by atoms with Crippen molar-refractivity contribution in [1.82, 2.24) is 4.90 Å². The fourth-order valence-electron chi connectivity index (χ4n) is 2.22. The predicted molar refractivity (Wildman–Crippen MR) is 76.3 cm³/mol. The van der Waals surface area contributed by atoms with Crippen LogP contribution in [0, 0.1) is 19.8 Å². The maximum atomic E-state index is 9.39. The Morgan fingerprint density at radius 1 is 1.24 bits per heavy atom. The van der Waals surface area contributed by atoms with E-state index in [-0.39, 0.29) is 18.6 Å². The quantitative estimate of drug-likeness (QED) is 0.922. The molecule has 2 unspecified atom stereocenters. The van der Waals surface area contributed by atoms with E-state index in [9.17, 15) is 5.11 Å². The second-order valence-electron chi connectivity index (χ2n) is 5.03. The van der Waals surface area contributed by atoms with Crippen molar-refractivity contribution in [3.8, 4) is 0 Å². The number of aliphatic hydroxyl groups excluding tert-OH is 1. The lowest BCUT2D eigenvalue weighted by molar-refractivity contribution is 0.145. The average molecular weight is 300 g/mol. The molecule has 0 radical (unpaired) electrons. The topological polar surface area (TPSA) is 23.5 Å². The molecule has 0 heterocycles. The van der Waals surface area contributed by atoms with E-state index in [1.54, 1.807) is 0 Å². The molecule has 0 saturated carbocycles. The molecule has 0 aliphatic rings. The zero-order valence-electron chi connectivity index (χ0n) is 11.3. The number of aryl methyl sites for hydroxylation is 2. The number of rotatable bonds is 4. The van der Waals surface area contributed by atoms with E-state index in [4.69, 9.17) is 0 Å². The van der Waals surface area contributed by atoms with Gasteiger partial charge >= 0.3 is 0 Å². The summed E-state index contributed by atoms with van der Waals surface area (Å²) in [5.74, 6) is 0.211. The molecule has 2 atom stereocenters. The smallest absolute Gasteiger partial charge is 0.0474 e. The minimum Gasteiger partial charge on any atom is -0.396 e. The van der Waals surface area contributed by atoms with E-state index in [2.05, 4.69) is 67.8 Å². The Labute approximate surface area is 113 Å². The van der Waals surface area contributed by atoms with Crippen molar-refractivity contribution in [2.75, 3.05) is 20.7 Å². The zero-order chi connectivity index (χ0) is 13.2. The molecule has 0 aliphatic carbocycles. The van der Waals surface area contributed by atoms with Gasteiger partial charge in [0.1, 0.15) is 0 Å². The van der Waals surface area contributed by atoms with Crippen LogP contribution in [-0.2, 0) is 0 Å². The maximum Gasteiger partial charge on any atom is 0.0474 e. The summed E-state index contributed by atoms with van der Waals surface area (Å²) in [5, 5.41) is 9.39. The predicted octanol–water partition coefficient (Wildman–Crippen LogP) is 3.30. The van der Waals surface area contributed by atoms with Gasteiger partial charge in [0.2, 0.25) is 0 Å². The van der Waals surface area contributed by atoms with E-state index < -0.39 is 0 Å². The SMILES string of the molecule is Cc1cc(Br)c(C(C(C)CO)N(C)C)cc1C. The molecule has 0 saturated heterocycles. The number of hydrogen-bond acceptors (Lipinski definition) is 2. The molecule has 0 bridgehead atoms. The molecule has 0 aliphatic heterocycles. The average Bonchev–Trinajstić information content (AvgIpc) is 2.25. The Hall–Kier alpha value is -0.380. The lowest BCUT2D eigenvalue weighted by atomic mass is 9.92. The van der Waals surface area contributed by atoms with Crippen LogP contribution >= 0.6 is 15.9 Å². The van der Waals surface area contributed by atoms with Crippen LogP contribution in [0.1, 0.15) is 29.7 Å². The summed E-state index contributed by atoms with van der Waals surface area (Å²) >= 11 is 3.64. The van der Waals surface area contributed by atoms with Crippen LogP contribution in [0.5, 0.6) is 0 Å². The summed E-state index contributed by atoms with van der Waals surface area (Å²) in [6.07, 6.45) is 0. The van der Waals surface area contributed by atoms with E-state index >= 15 is 0 Å². The van der Waals surface area contributed by atoms with Crippen LogP contribution in [0.3, 0.4) is 0 Å². The van der Waals surface area contributed by atoms with Crippen molar-refractivity contribution in [3.05, 3.63) is 33.3 Å². The summed E-state index contributed by atoms with van der Waals surface area (Å²) in [7, 11) is 4.11. The fraction of sp³-hybridized carbons (Fsp3) is 0.571. The molecule has 0 amide bonds. The summed E-state index contributed by atoms with van der Waals surface area (Å²) in [6, 6.07) is 4.61. The van der Waals surface area contributed by atoms with Crippen LogP contribution in [-0.4, -0.2) is 30.7 Å². The van der Waals surface area contributed by atoms with Gasteiger partial charge in [0.25, 0.3) is 0 Å². The first-order chi connectivity index (χ1) is 7.88. The largest absolute Gasteiger partial charge is 0.396 e. The molecule has 1 aromatic carbocycles. The molecule has 0 fully saturated rings. The van der Waals surface area contributed by atoms with Gasteiger partial charge < -0.3 is 10.0 Å². The highest BCUT2D eigenvalue weighted by Crippen LogP contribution is 2.33. The normalized spacial score (nSPS) is 15.1. The first-order valence-corrected chi connectivity index (χ1v) is 6.71. The molecule has 2 nitrogen and oxygen atoms in total. The Balaban J connectivity index is 3.23. The Kier molecular flexibility index (Phi) is 5.17. The van der Waals surface area contributed by atoms with Gasteiger partial charge in [-0.15, -0.1) is 0 Å². The van der Waals surface area contributed by atoms with Crippen LogP contribution in [0.4, 0.5) is 0 Å². The van der Waals surface area contributed by atoms with E-state index in [0.717, 1.165) is 4.47 Å². The second kappa shape index (κ2) is 5.98. The van der Waals surface area contributed by atoms with Crippen LogP contribution in [0.2, 0.25) is 0 Å². The Bertz CT molecular complexity index is 390. The number of hydrogen-bond donors (Lipinski definition) is 1. The Morgan fingerprint density at radius 2 is 1.76 bits per heavy atom. The molecule has 1 N–H and O–H groups in total. The number of aliphatic hydroxyl groups is 1. The third-order valence-corrected chi connectivity index (χ3v) is 4.00. The molecular formula is C14H22BrNO. The van der Waals surface area contributed by atoms with Gasteiger partial charge in [-0.3, -0.25) is 0 Å². The molecule has 3 heteroatoms. The highest BCUT2D eigenvalue weighted by molar-refractivity contribution is 9.10. The summed E-state index contributed by atoms with van der Waals surface area (Å²) in [4.78, 5) is 2.16. The lowest BCUT2D eigenvalue weighted by Gasteiger charge is -2.30. The van der Waals surface area contributed by atoms with E-state index in [1.165, 1.54) is 16.7 Å². The number of benzene rings is 1. The highest BCUT2D eigenvalue weighted by atomic mass is 79.9. The lowest BCUT2D eigenvalue weighted by Crippen LogP contribution is -2.28. The van der Waals surface area contributed by atoms with E-state index in [1.807, 2.05) is 0 Å². The van der Waals surface area contributed by atoms with Crippen molar-refractivity contribution in [2.24, 2.45) is 5.92 Å². The molecule has 1 aromatic rings. The summed E-state index contributed by atoms with van der Waals surface area (Å²) < 4.78 is 1.12. The van der Waals surface area contributed by atoms with Crippen LogP contribution in [0.25, 0.3) is 0 Å². The molecule has 96 valence electrons. The van der Waals surface area contributed by atoms with Crippen molar-refractivity contribution in [2.45, 2.75) is 26.8 Å². The van der Waals surface area contributed by atoms with Gasteiger partial charge in [0.15, 0.2) is 0 Å². The molecule has 17 heavy (non-hydrogen) atoms. The van der Waals surface area contributed by atoms with E-state index in [0.29, 0.717) is 0 Å². The molecule has 0 spiro atoms. The van der Waals surface area contributed by atoms with Gasteiger partial charge in [0.05, 0.1) is 0 Å². The van der Waals surface area contributed by atoms with Gasteiger partial charge in [-0.05, 0) is 56.6 Å². The fourth-order valence-corrected chi connectivity index (χ4v) is 2.92. The minimum atomic E-state index is 0.197. The zero-order valence-corrected chi connectivity index (χ0v) is 12.9. The van der Waals surface area contributed by atoms with Crippen LogP contribution < -0.4 is 0 Å². The van der Waals surface area contributed by atoms with Crippen LogP contribution in [0.15, 0.2) is 16.6 Å². The minimum absolute atomic E-state index is 0.197. The summed E-state index contributed by atoms with van der Waals surface area (Å²) in [5.41, 5.74) is 3.83. The van der Waals surface area contributed by atoms with Gasteiger partial charge in [0, 0.05) is 17.1 Å². The van der Waals surface area contributed by atoms with Crippen molar-refractivity contribution < 1.29 is 5.11 Å². The van der Waals surface area contributed by atoms with Gasteiger partial charge in [-0.2, -0.15) is 0 Å². The molecule has 0 aromatic heterocycles. The molecular weight excluding hydrogens is 278 g/mol. The maximum absolute atomic E-state index is 9.39. The highest BCUT2D eigenvalue weighted by Gasteiger charge is 2.23. The van der Waals surface area contributed by atoms with Crippen molar-refractivity contribution >= 4 is 15.9 Å². The monoisotopic (exact) mass is 299 g/mol. The van der Waals surface area contributed by atoms with Gasteiger partial charge in [-0.25, -0.2) is 0 Å². The Morgan fingerprint density at radius 3 is 2.24 bits per heavy atom. The van der Waals surface area contributed by atoms with Crippen molar-refractivity contribution in [1.29, 1.82) is 0 Å². The third kappa shape index (κ3) is 3.30. The molecule has 1 rings (SSSR count). The van der Waals surface area contributed by atoms with Gasteiger partial charge in [-0.1, -0.05) is 28.9 Å².